The molecule has 0 spiro atoms. The molecule has 0 saturated carbocycles. The molecule has 0 radical (unpaired) electrons. The van der Waals surface area contributed by atoms with E-state index in [-0.39, 0.29) is 5.41 Å². The summed E-state index contributed by atoms with van der Waals surface area (Å²) in [7, 11) is 1.75. The van der Waals surface area contributed by atoms with Gasteiger partial charge in [-0.15, -0.1) is 0 Å². The maximum Gasteiger partial charge on any atom is 0.0713 e. The number of aryl methyl sites for hydroxylation is 1. The van der Waals surface area contributed by atoms with Gasteiger partial charge in [0.15, 0.2) is 0 Å². The third kappa shape index (κ3) is 4.79. The van der Waals surface area contributed by atoms with E-state index in [0.717, 1.165) is 25.8 Å². The van der Waals surface area contributed by atoms with Crippen LogP contribution in [0.4, 0.5) is 0 Å². The SMILES string of the molecule is COCc1cc(CCCCN)cc(C(C)(C)C)c1. The molecule has 0 aliphatic heterocycles. The van der Waals surface area contributed by atoms with Gasteiger partial charge >= 0.3 is 0 Å². The molecule has 0 fully saturated rings. The summed E-state index contributed by atoms with van der Waals surface area (Å²) in [5.74, 6) is 0. The Morgan fingerprint density at radius 2 is 1.72 bits per heavy atom. The smallest absolute Gasteiger partial charge is 0.0713 e. The Morgan fingerprint density at radius 1 is 1.06 bits per heavy atom. The Hall–Kier alpha value is -0.860. The molecule has 0 aliphatic carbocycles. The number of methoxy groups -OCH3 is 1. The van der Waals surface area contributed by atoms with E-state index in [9.17, 15) is 0 Å². The lowest BCUT2D eigenvalue weighted by atomic mass is 9.84. The van der Waals surface area contributed by atoms with Crippen molar-refractivity contribution in [3.63, 3.8) is 0 Å². The average Bonchev–Trinajstić information content (AvgIpc) is 2.28. The first kappa shape index (κ1) is 15.2. The first-order valence-corrected chi connectivity index (χ1v) is 6.79. The summed E-state index contributed by atoms with van der Waals surface area (Å²) in [6.07, 6.45) is 3.37. The lowest BCUT2D eigenvalue weighted by molar-refractivity contribution is 0.184. The van der Waals surface area contributed by atoms with Crippen LogP contribution in [-0.4, -0.2) is 13.7 Å². The number of ether oxygens (including phenoxy) is 1. The Bertz CT molecular complexity index is 366. The minimum Gasteiger partial charge on any atom is -0.380 e. The van der Waals surface area contributed by atoms with E-state index in [1.54, 1.807) is 7.11 Å². The fourth-order valence-corrected chi connectivity index (χ4v) is 2.06. The van der Waals surface area contributed by atoms with E-state index >= 15 is 0 Å². The third-order valence-corrected chi connectivity index (χ3v) is 3.15. The number of hydrogen-bond donors (Lipinski definition) is 1. The Labute approximate surface area is 112 Å². The van der Waals surface area contributed by atoms with E-state index in [2.05, 4.69) is 39.0 Å². The molecule has 0 saturated heterocycles. The maximum atomic E-state index is 5.55. The highest BCUT2D eigenvalue weighted by atomic mass is 16.5. The van der Waals surface area contributed by atoms with Gasteiger partial charge in [-0.1, -0.05) is 39.0 Å². The Kier molecular flexibility index (Phi) is 5.83. The molecule has 0 aromatic heterocycles. The first-order chi connectivity index (χ1) is 8.47. The van der Waals surface area contributed by atoms with Crippen LogP contribution in [0.1, 0.15) is 50.3 Å². The molecule has 0 heterocycles. The van der Waals surface area contributed by atoms with Gasteiger partial charge in [0.2, 0.25) is 0 Å². The largest absolute Gasteiger partial charge is 0.380 e. The minimum absolute atomic E-state index is 0.187. The van der Waals surface area contributed by atoms with E-state index < -0.39 is 0 Å². The van der Waals surface area contributed by atoms with Crippen LogP contribution in [0.3, 0.4) is 0 Å². The Balaban J connectivity index is 2.91. The van der Waals surface area contributed by atoms with Gasteiger partial charge in [0.25, 0.3) is 0 Å². The highest BCUT2D eigenvalue weighted by Crippen LogP contribution is 2.25. The Morgan fingerprint density at radius 3 is 2.28 bits per heavy atom. The first-order valence-electron chi connectivity index (χ1n) is 6.79. The predicted octanol–water partition coefficient (Wildman–Crippen LogP) is 3.41. The monoisotopic (exact) mass is 249 g/mol. The summed E-state index contributed by atoms with van der Waals surface area (Å²) < 4.78 is 5.26. The predicted molar refractivity (Wildman–Crippen MR) is 77.8 cm³/mol. The summed E-state index contributed by atoms with van der Waals surface area (Å²) in [6, 6.07) is 6.85. The van der Waals surface area contributed by atoms with Gasteiger partial charge in [0, 0.05) is 7.11 Å². The van der Waals surface area contributed by atoms with Crippen molar-refractivity contribution in [3.8, 4) is 0 Å². The van der Waals surface area contributed by atoms with Crippen LogP contribution in [0.5, 0.6) is 0 Å². The molecule has 0 atom stereocenters. The van der Waals surface area contributed by atoms with Crippen LogP contribution in [0, 0.1) is 0 Å². The van der Waals surface area contributed by atoms with Crippen LogP contribution in [0.2, 0.25) is 0 Å². The quantitative estimate of drug-likeness (QED) is 0.784. The van der Waals surface area contributed by atoms with Gasteiger partial charge in [-0.2, -0.15) is 0 Å². The highest BCUT2D eigenvalue weighted by molar-refractivity contribution is 5.34. The van der Waals surface area contributed by atoms with Crippen molar-refractivity contribution in [3.05, 3.63) is 34.9 Å². The maximum absolute atomic E-state index is 5.55. The molecule has 1 aromatic rings. The van der Waals surface area contributed by atoms with Crippen molar-refractivity contribution in [1.82, 2.24) is 0 Å². The number of nitrogens with two attached hydrogens (primary N) is 1. The van der Waals surface area contributed by atoms with Gasteiger partial charge in [0.1, 0.15) is 0 Å². The molecule has 2 nitrogen and oxygen atoms in total. The van der Waals surface area contributed by atoms with Crippen molar-refractivity contribution in [1.29, 1.82) is 0 Å². The van der Waals surface area contributed by atoms with E-state index in [1.165, 1.54) is 16.7 Å². The van der Waals surface area contributed by atoms with Crippen molar-refractivity contribution >= 4 is 0 Å². The van der Waals surface area contributed by atoms with Crippen molar-refractivity contribution in [2.75, 3.05) is 13.7 Å². The molecule has 2 N–H and O–H groups in total. The van der Waals surface area contributed by atoms with Gasteiger partial charge in [-0.3, -0.25) is 0 Å². The standard InChI is InChI=1S/C16H27NO/c1-16(2,3)15-10-13(7-5-6-8-17)9-14(11-15)12-18-4/h9-11H,5-8,12,17H2,1-4H3. The molecule has 1 aromatic carbocycles. The van der Waals surface area contributed by atoms with Gasteiger partial charge in [-0.25, -0.2) is 0 Å². The molecule has 102 valence electrons. The summed E-state index contributed by atoms with van der Waals surface area (Å²) in [4.78, 5) is 0. The van der Waals surface area contributed by atoms with Gasteiger partial charge < -0.3 is 10.5 Å². The molecule has 0 aliphatic rings. The third-order valence-electron chi connectivity index (χ3n) is 3.15. The van der Waals surface area contributed by atoms with Crippen LogP contribution in [0.15, 0.2) is 18.2 Å². The normalized spacial score (nSPS) is 11.8. The zero-order chi connectivity index (χ0) is 13.6. The van der Waals surface area contributed by atoms with E-state index in [1.807, 2.05) is 0 Å². The van der Waals surface area contributed by atoms with Crippen LogP contribution in [0.25, 0.3) is 0 Å². The second-order valence-electron chi connectivity index (χ2n) is 5.97. The lowest BCUT2D eigenvalue weighted by Gasteiger charge is -2.21. The molecule has 0 unspecified atom stereocenters. The lowest BCUT2D eigenvalue weighted by Crippen LogP contribution is -2.12. The zero-order valence-corrected chi connectivity index (χ0v) is 12.3. The molecule has 0 bridgehead atoms. The molecular formula is C16H27NO. The topological polar surface area (TPSA) is 35.2 Å². The van der Waals surface area contributed by atoms with Crippen LogP contribution in [-0.2, 0) is 23.2 Å². The van der Waals surface area contributed by atoms with Crippen molar-refractivity contribution in [2.24, 2.45) is 5.73 Å². The average molecular weight is 249 g/mol. The molecule has 18 heavy (non-hydrogen) atoms. The fraction of sp³-hybridized carbons (Fsp3) is 0.625. The zero-order valence-electron chi connectivity index (χ0n) is 12.3. The highest BCUT2D eigenvalue weighted by Gasteiger charge is 2.15. The van der Waals surface area contributed by atoms with Crippen LogP contribution >= 0.6 is 0 Å². The summed E-state index contributed by atoms with van der Waals surface area (Å²) >= 11 is 0. The summed E-state index contributed by atoms with van der Waals surface area (Å²) in [6.45, 7) is 8.23. The molecule has 1 rings (SSSR count). The van der Waals surface area contributed by atoms with E-state index in [0.29, 0.717) is 6.61 Å². The minimum atomic E-state index is 0.187. The summed E-state index contributed by atoms with van der Waals surface area (Å²) in [5, 5.41) is 0. The van der Waals surface area contributed by atoms with Crippen LogP contribution < -0.4 is 5.73 Å². The number of hydrogen-bond acceptors (Lipinski definition) is 2. The van der Waals surface area contributed by atoms with Crippen molar-refractivity contribution in [2.45, 2.75) is 52.1 Å². The molecular weight excluding hydrogens is 222 g/mol. The van der Waals surface area contributed by atoms with Gasteiger partial charge in [0.05, 0.1) is 6.61 Å². The number of unbranched alkanes of at least 4 members (excludes halogenated alkanes) is 1. The van der Waals surface area contributed by atoms with E-state index in [4.69, 9.17) is 10.5 Å². The second-order valence-corrected chi connectivity index (χ2v) is 5.97. The molecule has 0 amide bonds. The molecule has 2 heteroatoms. The number of rotatable bonds is 6. The second kappa shape index (κ2) is 6.91. The fourth-order valence-electron chi connectivity index (χ4n) is 2.06. The van der Waals surface area contributed by atoms with Gasteiger partial charge in [-0.05, 0) is 47.9 Å². The number of benzene rings is 1. The van der Waals surface area contributed by atoms with Crippen molar-refractivity contribution < 1.29 is 4.74 Å². The summed E-state index contributed by atoms with van der Waals surface area (Å²) in [5.41, 5.74) is 9.80.